The molecule has 0 bridgehead atoms. The lowest BCUT2D eigenvalue weighted by Crippen LogP contribution is -2.17. The largest absolute Gasteiger partial charge is 0.322 e. The van der Waals surface area contributed by atoms with E-state index in [2.05, 4.69) is 5.32 Å². The zero-order valence-electron chi connectivity index (χ0n) is 10.8. The summed E-state index contributed by atoms with van der Waals surface area (Å²) in [6.45, 7) is 0. The molecule has 116 valence electrons. The molecule has 0 unspecified atom stereocenters. The fourth-order valence-electron chi connectivity index (χ4n) is 1.64. The van der Waals surface area contributed by atoms with Crippen LogP contribution in [0.3, 0.4) is 0 Å². The monoisotopic (exact) mass is 346 g/mol. The van der Waals surface area contributed by atoms with Gasteiger partial charge in [0.1, 0.15) is 16.5 Å². The Morgan fingerprint density at radius 3 is 2.32 bits per heavy atom. The van der Waals surface area contributed by atoms with Crippen LogP contribution in [0.5, 0.6) is 0 Å². The number of carbonyl (C=O) groups is 1. The molecule has 0 heterocycles. The molecule has 3 N–H and O–H groups in total. The minimum absolute atomic E-state index is 0.133. The SMILES string of the molecule is NS(=O)(=O)c1cc(C(=O)Nc2ccc(F)c(Cl)c2)ccc1F. The molecule has 5 nitrogen and oxygen atoms in total. The molecule has 0 aliphatic carbocycles. The summed E-state index contributed by atoms with van der Waals surface area (Å²) in [5, 5.41) is 7.04. The van der Waals surface area contributed by atoms with Gasteiger partial charge in [-0.25, -0.2) is 22.3 Å². The second-order valence-corrected chi connectivity index (χ2v) is 6.21. The van der Waals surface area contributed by atoms with E-state index in [0.29, 0.717) is 0 Å². The number of anilines is 1. The molecule has 22 heavy (non-hydrogen) atoms. The number of amides is 1. The number of nitrogens with two attached hydrogens (primary N) is 1. The number of hydrogen-bond donors (Lipinski definition) is 2. The van der Waals surface area contributed by atoms with Crippen molar-refractivity contribution in [3.63, 3.8) is 0 Å². The summed E-state index contributed by atoms with van der Waals surface area (Å²) >= 11 is 5.58. The molecule has 2 rings (SSSR count). The summed E-state index contributed by atoms with van der Waals surface area (Å²) in [5.41, 5.74) is 0.0590. The summed E-state index contributed by atoms with van der Waals surface area (Å²) in [6.07, 6.45) is 0. The van der Waals surface area contributed by atoms with Crippen molar-refractivity contribution < 1.29 is 22.0 Å². The first-order valence-corrected chi connectivity index (χ1v) is 7.69. The van der Waals surface area contributed by atoms with E-state index in [-0.39, 0.29) is 16.3 Å². The number of carbonyl (C=O) groups excluding carboxylic acids is 1. The van der Waals surface area contributed by atoms with E-state index < -0.39 is 32.5 Å². The smallest absolute Gasteiger partial charge is 0.255 e. The predicted molar refractivity (Wildman–Crippen MR) is 77.1 cm³/mol. The quantitative estimate of drug-likeness (QED) is 0.894. The molecule has 0 fully saturated rings. The van der Waals surface area contributed by atoms with E-state index >= 15 is 0 Å². The minimum atomic E-state index is -4.30. The molecular formula is C13H9ClF2N2O3S. The molecule has 0 spiro atoms. The fraction of sp³-hybridized carbons (Fsp3) is 0. The molecule has 0 atom stereocenters. The molecule has 0 radical (unpaired) electrons. The molecule has 1 amide bonds. The summed E-state index contributed by atoms with van der Waals surface area (Å²) in [5.74, 6) is -2.45. The summed E-state index contributed by atoms with van der Waals surface area (Å²) in [4.78, 5) is 11.2. The van der Waals surface area contributed by atoms with Gasteiger partial charge in [-0.05, 0) is 36.4 Å². The van der Waals surface area contributed by atoms with Gasteiger partial charge >= 0.3 is 0 Å². The van der Waals surface area contributed by atoms with Crippen LogP contribution in [-0.4, -0.2) is 14.3 Å². The molecule has 0 aliphatic rings. The van der Waals surface area contributed by atoms with Crippen molar-refractivity contribution in [3.8, 4) is 0 Å². The van der Waals surface area contributed by atoms with Gasteiger partial charge in [-0.1, -0.05) is 11.6 Å². The second kappa shape index (κ2) is 5.99. The third-order valence-corrected chi connectivity index (χ3v) is 3.89. The Bertz CT molecular complexity index is 856. The molecule has 0 aromatic heterocycles. The van der Waals surface area contributed by atoms with Gasteiger partial charge in [0.25, 0.3) is 5.91 Å². The van der Waals surface area contributed by atoms with Gasteiger partial charge in [-0.3, -0.25) is 4.79 Å². The highest BCUT2D eigenvalue weighted by atomic mass is 35.5. The molecule has 0 saturated carbocycles. The lowest BCUT2D eigenvalue weighted by molar-refractivity contribution is 0.102. The Labute approximate surface area is 129 Å². The molecule has 2 aromatic rings. The number of benzene rings is 2. The average Bonchev–Trinajstić information content (AvgIpc) is 2.42. The highest BCUT2D eigenvalue weighted by Crippen LogP contribution is 2.21. The second-order valence-electron chi connectivity index (χ2n) is 4.27. The standard InChI is InChI=1S/C13H9ClF2N2O3S/c14-9-6-8(2-4-10(9)15)18-13(19)7-1-3-11(16)12(5-7)22(17,20)21/h1-6H,(H,18,19)(H2,17,20,21). The van der Waals surface area contributed by atoms with Gasteiger partial charge in [-0.15, -0.1) is 0 Å². The van der Waals surface area contributed by atoms with Crippen LogP contribution in [0.1, 0.15) is 10.4 Å². The van der Waals surface area contributed by atoms with Gasteiger partial charge in [0.15, 0.2) is 0 Å². The summed E-state index contributed by atoms with van der Waals surface area (Å²) in [6, 6.07) is 6.21. The van der Waals surface area contributed by atoms with Gasteiger partial charge in [0.05, 0.1) is 5.02 Å². The van der Waals surface area contributed by atoms with E-state index in [1.807, 2.05) is 0 Å². The summed E-state index contributed by atoms with van der Waals surface area (Å²) in [7, 11) is -4.30. The normalized spacial score (nSPS) is 11.3. The van der Waals surface area contributed by atoms with Crippen LogP contribution in [0.4, 0.5) is 14.5 Å². The van der Waals surface area contributed by atoms with E-state index in [4.69, 9.17) is 16.7 Å². The van der Waals surface area contributed by atoms with Crippen molar-refractivity contribution in [2.75, 3.05) is 5.32 Å². The van der Waals surface area contributed by atoms with E-state index in [9.17, 15) is 22.0 Å². The van der Waals surface area contributed by atoms with E-state index in [1.54, 1.807) is 0 Å². The molecule has 0 aliphatic heterocycles. The predicted octanol–water partition coefficient (Wildman–Crippen LogP) is 2.52. The van der Waals surface area contributed by atoms with Crippen molar-refractivity contribution in [3.05, 3.63) is 58.6 Å². The first-order chi connectivity index (χ1) is 10.2. The zero-order chi connectivity index (χ0) is 16.5. The number of halogens is 3. The van der Waals surface area contributed by atoms with Gasteiger partial charge in [0, 0.05) is 11.3 Å². The topological polar surface area (TPSA) is 89.3 Å². The Kier molecular flexibility index (Phi) is 4.45. The van der Waals surface area contributed by atoms with Crippen LogP contribution in [-0.2, 0) is 10.0 Å². The van der Waals surface area contributed by atoms with Crippen molar-refractivity contribution in [2.45, 2.75) is 4.90 Å². The average molecular weight is 347 g/mol. The van der Waals surface area contributed by atoms with Crippen LogP contribution in [0.15, 0.2) is 41.3 Å². The molecule has 2 aromatic carbocycles. The van der Waals surface area contributed by atoms with Crippen LogP contribution >= 0.6 is 11.6 Å². The zero-order valence-corrected chi connectivity index (χ0v) is 12.4. The van der Waals surface area contributed by atoms with Crippen LogP contribution in [0.2, 0.25) is 5.02 Å². The number of primary sulfonamides is 1. The fourth-order valence-corrected chi connectivity index (χ4v) is 2.45. The van der Waals surface area contributed by atoms with E-state index in [0.717, 1.165) is 24.3 Å². The van der Waals surface area contributed by atoms with Crippen LogP contribution in [0, 0.1) is 11.6 Å². The number of rotatable bonds is 3. The lowest BCUT2D eigenvalue weighted by atomic mass is 10.2. The van der Waals surface area contributed by atoms with Crippen molar-refractivity contribution >= 4 is 33.2 Å². The van der Waals surface area contributed by atoms with Crippen LogP contribution < -0.4 is 10.5 Å². The maximum absolute atomic E-state index is 13.4. The van der Waals surface area contributed by atoms with E-state index in [1.165, 1.54) is 12.1 Å². The van der Waals surface area contributed by atoms with Crippen molar-refractivity contribution in [2.24, 2.45) is 5.14 Å². The number of nitrogens with one attached hydrogen (secondary N) is 1. The Hall–Kier alpha value is -2.03. The Morgan fingerprint density at radius 2 is 1.73 bits per heavy atom. The highest BCUT2D eigenvalue weighted by Gasteiger charge is 2.17. The number of sulfonamides is 1. The maximum atomic E-state index is 13.4. The van der Waals surface area contributed by atoms with Gasteiger partial charge < -0.3 is 5.32 Å². The Morgan fingerprint density at radius 1 is 1.09 bits per heavy atom. The molecule has 0 saturated heterocycles. The first kappa shape index (κ1) is 16.3. The third-order valence-electron chi connectivity index (χ3n) is 2.68. The first-order valence-electron chi connectivity index (χ1n) is 5.77. The lowest BCUT2D eigenvalue weighted by Gasteiger charge is -2.07. The van der Waals surface area contributed by atoms with Crippen molar-refractivity contribution in [1.29, 1.82) is 0 Å². The van der Waals surface area contributed by atoms with Crippen LogP contribution in [0.25, 0.3) is 0 Å². The Balaban J connectivity index is 2.32. The van der Waals surface area contributed by atoms with Gasteiger partial charge in [-0.2, -0.15) is 0 Å². The maximum Gasteiger partial charge on any atom is 0.255 e. The van der Waals surface area contributed by atoms with Gasteiger partial charge in [0.2, 0.25) is 10.0 Å². The molecule has 9 heteroatoms. The summed E-state index contributed by atoms with van der Waals surface area (Å²) < 4.78 is 48.9. The third kappa shape index (κ3) is 3.59. The number of hydrogen-bond acceptors (Lipinski definition) is 3. The highest BCUT2D eigenvalue weighted by molar-refractivity contribution is 7.89. The molecular weight excluding hydrogens is 338 g/mol. The minimum Gasteiger partial charge on any atom is -0.322 e. The van der Waals surface area contributed by atoms with Crippen molar-refractivity contribution in [1.82, 2.24) is 0 Å².